The fraction of sp³-hybridized carbons (Fsp3) is 0.412. The van der Waals surface area contributed by atoms with E-state index in [2.05, 4.69) is 35.9 Å². The van der Waals surface area contributed by atoms with E-state index in [4.69, 9.17) is 4.74 Å². The molecule has 110 valence electrons. The molecule has 0 unspecified atom stereocenters. The van der Waals surface area contributed by atoms with Crippen LogP contribution in [0, 0.1) is 5.92 Å². The average Bonchev–Trinajstić information content (AvgIpc) is 2.47. The molecule has 0 atom stereocenters. The minimum atomic E-state index is -0.0824. The highest BCUT2D eigenvalue weighted by Crippen LogP contribution is 2.19. The molecule has 4 nitrogen and oxygen atoms in total. The van der Waals surface area contributed by atoms with Gasteiger partial charge in [-0.25, -0.2) is 4.98 Å². The van der Waals surface area contributed by atoms with Gasteiger partial charge in [0.15, 0.2) is 0 Å². The second kappa shape index (κ2) is 5.82. The molecule has 0 amide bonds. The molecule has 4 heteroatoms. The van der Waals surface area contributed by atoms with E-state index in [0.29, 0.717) is 36.9 Å². The van der Waals surface area contributed by atoms with Gasteiger partial charge in [0.05, 0.1) is 24.5 Å². The smallest absolute Gasteiger partial charge is 0.256 e. The molecule has 2 aromatic rings. The summed E-state index contributed by atoms with van der Waals surface area (Å²) in [6.07, 6.45) is 1.77. The predicted molar refractivity (Wildman–Crippen MR) is 82.2 cm³/mol. The molecule has 1 aromatic heterocycles. The molecule has 0 aliphatic carbocycles. The molecule has 0 spiro atoms. The van der Waals surface area contributed by atoms with Gasteiger partial charge in [-0.3, -0.25) is 4.79 Å². The van der Waals surface area contributed by atoms with Crippen molar-refractivity contribution >= 4 is 0 Å². The second-order valence-corrected chi connectivity index (χ2v) is 5.94. The zero-order chi connectivity index (χ0) is 14.8. The monoisotopic (exact) mass is 284 g/mol. The fourth-order valence-electron chi connectivity index (χ4n) is 2.65. The Morgan fingerprint density at radius 2 is 2.05 bits per heavy atom. The van der Waals surface area contributed by atoms with Gasteiger partial charge in [0.1, 0.15) is 5.82 Å². The summed E-state index contributed by atoms with van der Waals surface area (Å²) in [5.41, 5.74) is 3.71. The summed E-state index contributed by atoms with van der Waals surface area (Å²) in [6.45, 7) is 5.42. The molecule has 2 heterocycles. The number of H-pyrrole nitrogens is 1. The van der Waals surface area contributed by atoms with Crippen LogP contribution in [-0.2, 0) is 24.2 Å². The van der Waals surface area contributed by atoms with Crippen LogP contribution in [0.2, 0.25) is 0 Å². The Balaban J connectivity index is 1.93. The van der Waals surface area contributed by atoms with Gasteiger partial charge in [0, 0.05) is 12.0 Å². The first-order valence-electron chi connectivity index (χ1n) is 7.42. The standard InChI is InChI=1S/C17H20N2O2/c1-11(2)9-12-3-5-13(6-4-12)16-18-15-7-8-21-10-14(15)17(20)19-16/h3-6,11H,7-10H2,1-2H3,(H,18,19,20). The molecule has 0 radical (unpaired) electrons. The molecular weight excluding hydrogens is 264 g/mol. The molecule has 0 fully saturated rings. The van der Waals surface area contributed by atoms with Gasteiger partial charge in [0.25, 0.3) is 5.56 Å². The molecule has 0 saturated heterocycles. The lowest BCUT2D eigenvalue weighted by Crippen LogP contribution is -2.24. The summed E-state index contributed by atoms with van der Waals surface area (Å²) in [6, 6.07) is 8.28. The number of aromatic nitrogens is 2. The van der Waals surface area contributed by atoms with E-state index in [9.17, 15) is 4.79 Å². The van der Waals surface area contributed by atoms with Crippen molar-refractivity contribution in [2.75, 3.05) is 6.61 Å². The van der Waals surface area contributed by atoms with Crippen LogP contribution in [0.4, 0.5) is 0 Å². The van der Waals surface area contributed by atoms with Crippen molar-refractivity contribution in [2.45, 2.75) is 33.3 Å². The number of hydrogen-bond acceptors (Lipinski definition) is 3. The van der Waals surface area contributed by atoms with Crippen molar-refractivity contribution in [1.82, 2.24) is 9.97 Å². The zero-order valence-electron chi connectivity index (χ0n) is 12.5. The van der Waals surface area contributed by atoms with Crippen LogP contribution in [-0.4, -0.2) is 16.6 Å². The van der Waals surface area contributed by atoms with Crippen LogP contribution in [0.3, 0.4) is 0 Å². The number of rotatable bonds is 3. The number of aromatic amines is 1. The van der Waals surface area contributed by atoms with Crippen LogP contribution in [0.25, 0.3) is 11.4 Å². The number of fused-ring (bicyclic) bond motifs is 1. The van der Waals surface area contributed by atoms with Crippen molar-refractivity contribution < 1.29 is 4.74 Å². The number of nitrogens with one attached hydrogen (secondary N) is 1. The maximum atomic E-state index is 12.1. The normalized spacial score (nSPS) is 14.2. The minimum Gasteiger partial charge on any atom is -0.376 e. The second-order valence-electron chi connectivity index (χ2n) is 5.94. The number of benzene rings is 1. The summed E-state index contributed by atoms with van der Waals surface area (Å²) in [4.78, 5) is 19.6. The van der Waals surface area contributed by atoms with Crippen molar-refractivity contribution in [3.05, 3.63) is 51.4 Å². The highest BCUT2D eigenvalue weighted by molar-refractivity contribution is 5.55. The van der Waals surface area contributed by atoms with E-state index in [0.717, 1.165) is 17.7 Å². The first kappa shape index (κ1) is 14.0. The summed E-state index contributed by atoms with van der Waals surface area (Å²) < 4.78 is 5.32. The quantitative estimate of drug-likeness (QED) is 0.943. The molecule has 1 aliphatic rings. The van der Waals surface area contributed by atoms with Crippen LogP contribution in [0.15, 0.2) is 29.1 Å². The highest BCUT2D eigenvalue weighted by atomic mass is 16.5. The first-order valence-corrected chi connectivity index (χ1v) is 7.42. The maximum absolute atomic E-state index is 12.1. The van der Waals surface area contributed by atoms with Gasteiger partial charge < -0.3 is 9.72 Å². The van der Waals surface area contributed by atoms with Gasteiger partial charge in [-0.2, -0.15) is 0 Å². The van der Waals surface area contributed by atoms with Crippen molar-refractivity contribution in [2.24, 2.45) is 5.92 Å². The van der Waals surface area contributed by atoms with E-state index in [1.165, 1.54) is 5.56 Å². The SMILES string of the molecule is CC(C)Cc1ccc(-c2nc3c(c(=O)[nH]2)COCC3)cc1. The van der Waals surface area contributed by atoms with E-state index >= 15 is 0 Å². The Morgan fingerprint density at radius 3 is 2.76 bits per heavy atom. The number of hydrogen-bond donors (Lipinski definition) is 1. The van der Waals surface area contributed by atoms with E-state index in [1.54, 1.807) is 0 Å². The molecule has 1 aromatic carbocycles. The fourth-order valence-corrected chi connectivity index (χ4v) is 2.65. The number of ether oxygens (including phenoxy) is 1. The summed E-state index contributed by atoms with van der Waals surface area (Å²) in [5, 5.41) is 0. The van der Waals surface area contributed by atoms with E-state index in [1.807, 2.05) is 12.1 Å². The third kappa shape index (κ3) is 3.05. The van der Waals surface area contributed by atoms with E-state index in [-0.39, 0.29) is 5.56 Å². The summed E-state index contributed by atoms with van der Waals surface area (Å²) in [7, 11) is 0. The minimum absolute atomic E-state index is 0.0824. The Morgan fingerprint density at radius 1 is 1.29 bits per heavy atom. The largest absolute Gasteiger partial charge is 0.376 e. The highest BCUT2D eigenvalue weighted by Gasteiger charge is 2.16. The lowest BCUT2D eigenvalue weighted by atomic mass is 10.0. The van der Waals surface area contributed by atoms with Gasteiger partial charge in [-0.1, -0.05) is 38.1 Å². The van der Waals surface area contributed by atoms with Gasteiger partial charge in [-0.05, 0) is 17.9 Å². The molecule has 1 aliphatic heterocycles. The molecule has 1 N–H and O–H groups in total. The predicted octanol–water partition coefficient (Wildman–Crippen LogP) is 2.71. The number of nitrogens with zero attached hydrogens (tertiary/aromatic N) is 1. The van der Waals surface area contributed by atoms with Crippen LogP contribution in [0.1, 0.15) is 30.7 Å². The Kier molecular flexibility index (Phi) is 3.88. The molecule has 0 saturated carbocycles. The lowest BCUT2D eigenvalue weighted by Gasteiger charge is -2.15. The zero-order valence-corrected chi connectivity index (χ0v) is 12.5. The van der Waals surface area contributed by atoms with Crippen LogP contribution in [0.5, 0.6) is 0 Å². The first-order chi connectivity index (χ1) is 10.1. The maximum Gasteiger partial charge on any atom is 0.256 e. The lowest BCUT2D eigenvalue weighted by molar-refractivity contribution is 0.108. The third-order valence-electron chi connectivity index (χ3n) is 3.70. The third-order valence-corrected chi connectivity index (χ3v) is 3.70. The average molecular weight is 284 g/mol. The Labute approximate surface area is 124 Å². The van der Waals surface area contributed by atoms with Crippen molar-refractivity contribution in [1.29, 1.82) is 0 Å². The Hall–Kier alpha value is -1.94. The molecular formula is C17H20N2O2. The van der Waals surface area contributed by atoms with Crippen LogP contribution >= 0.6 is 0 Å². The Bertz CT molecular complexity index is 687. The summed E-state index contributed by atoms with van der Waals surface area (Å²) >= 11 is 0. The molecule has 21 heavy (non-hydrogen) atoms. The van der Waals surface area contributed by atoms with E-state index < -0.39 is 0 Å². The van der Waals surface area contributed by atoms with Crippen molar-refractivity contribution in [3.8, 4) is 11.4 Å². The van der Waals surface area contributed by atoms with Gasteiger partial charge in [-0.15, -0.1) is 0 Å². The van der Waals surface area contributed by atoms with Crippen molar-refractivity contribution in [3.63, 3.8) is 0 Å². The van der Waals surface area contributed by atoms with Gasteiger partial charge in [0.2, 0.25) is 0 Å². The topological polar surface area (TPSA) is 55.0 Å². The molecule has 0 bridgehead atoms. The van der Waals surface area contributed by atoms with Crippen LogP contribution < -0.4 is 5.56 Å². The summed E-state index contributed by atoms with van der Waals surface area (Å²) in [5.74, 6) is 1.29. The molecule has 3 rings (SSSR count). The van der Waals surface area contributed by atoms with Gasteiger partial charge >= 0.3 is 0 Å².